The number of anilines is 2. The Balaban J connectivity index is 1.72. The molecule has 1 atom stereocenters. The minimum absolute atomic E-state index is 0.00470. The monoisotopic (exact) mass is 420 g/mol. The summed E-state index contributed by atoms with van der Waals surface area (Å²) in [5.74, 6) is 0.269. The molecule has 1 aliphatic rings. The van der Waals surface area contributed by atoms with Gasteiger partial charge in [-0.05, 0) is 42.2 Å². The maximum Gasteiger partial charge on any atom is 0.339 e. The zero-order valence-electron chi connectivity index (χ0n) is 18.2. The van der Waals surface area contributed by atoms with E-state index in [0.29, 0.717) is 11.5 Å². The molecule has 1 aromatic carbocycles. The molecule has 4 rings (SSSR count). The lowest BCUT2D eigenvalue weighted by Gasteiger charge is -2.37. The van der Waals surface area contributed by atoms with Crippen molar-refractivity contribution < 1.29 is 9.53 Å². The molecular weight excluding hydrogens is 392 g/mol. The number of aromatic nitrogens is 4. The van der Waals surface area contributed by atoms with Gasteiger partial charge in [-0.15, -0.1) is 0 Å². The normalized spacial score (nSPS) is 16.2. The highest BCUT2D eigenvalue weighted by Gasteiger charge is 2.34. The summed E-state index contributed by atoms with van der Waals surface area (Å²) < 4.78 is 5.61. The van der Waals surface area contributed by atoms with E-state index in [9.17, 15) is 4.79 Å². The lowest BCUT2D eigenvalue weighted by molar-refractivity contribution is 0.0461. The number of esters is 1. The Morgan fingerprint density at radius 2 is 1.84 bits per heavy atom. The van der Waals surface area contributed by atoms with E-state index in [-0.39, 0.29) is 29.7 Å². The average Bonchev–Trinajstić information content (AvgIpc) is 2.74. The molecule has 0 aliphatic heterocycles. The summed E-state index contributed by atoms with van der Waals surface area (Å²) in [5, 5.41) is 0.802. The van der Waals surface area contributed by atoms with E-state index in [1.54, 1.807) is 0 Å². The van der Waals surface area contributed by atoms with Crippen LogP contribution in [-0.2, 0) is 24.2 Å². The Bertz CT molecular complexity index is 1120. The van der Waals surface area contributed by atoms with Crippen molar-refractivity contribution in [3.8, 4) is 0 Å². The molecule has 3 aromatic rings. The number of ether oxygens (including phenoxy) is 1. The molecule has 0 unspecified atom stereocenters. The first-order valence-electron chi connectivity index (χ1n) is 10.6. The van der Waals surface area contributed by atoms with Gasteiger partial charge in [0.25, 0.3) is 0 Å². The predicted molar refractivity (Wildman–Crippen MR) is 119 cm³/mol. The first-order chi connectivity index (χ1) is 14.8. The van der Waals surface area contributed by atoms with Gasteiger partial charge in [-0.2, -0.15) is 15.0 Å². The van der Waals surface area contributed by atoms with Crippen LogP contribution in [0.3, 0.4) is 0 Å². The Morgan fingerprint density at radius 3 is 2.55 bits per heavy atom. The van der Waals surface area contributed by atoms with Gasteiger partial charge in [0.05, 0.1) is 11.1 Å². The number of pyridine rings is 1. The summed E-state index contributed by atoms with van der Waals surface area (Å²) in [6.45, 7) is 6.68. The summed E-state index contributed by atoms with van der Waals surface area (Å²) in [6.07, 6.45) is 3.81. The van der Waals surface area contributed by atoms with Crippen LogP contribution in [0.15, 0.2) is 24.3 Å². The molecule has 2 aromatic heterocycles. The molecular formula is C23H28N6O2. The number of para-hydroxylation sites is 1. The second-order valence-corrected chi connectivity index (χ2v) is 8.76. The summed E-state index contributed by atoms with van der Waals surface area (Å²) in [4.78, 5) is 29.9. The molecule has 1 aliphatic carbocycles. The van der Waals surface area contributed by atoms with Gasteiger partial charge in [0.1, 0.15) is 0 Å². The summed E-state index contributed by atoms with van der Waals surface area (Å²) in [5.41, 5.74) is 14.8. The molecule has 31 heavy (non-hydrogen) atoms. The van der Waals surface area contributed by atoms with Crippen molar-refractivity contribution in [2.45, 2.75) is 53.1 Å². The van der Waals surface area contributed by atoms with Crippen LogP contribution in [0.25, 0.3) is 10.9 Å². The number of nitrogen functional groups attached to an aromatic ring is 2. The van der Waals surface area contributed by atoms with Crippen LogP contribution in [0.4, 0.5) is 11.9 Å². The van der Waals surface area contributed by atoms with Crippen molar-refractivity contribution in [1.82, 2.24) is 19.9 Å². The van der Waals surface area contributed by atoms with Gasteiger partial charge in [0.2, 0.25) is 11.9 Å². The smallest absolute Gasteiger partial charge is 0.339 e. The van der Waals surface area contributed by atoms with E-state index in [4.69, 9.17) is 21.2 Å². The molecule has 0 fully saturated rings. The first kappa shape index (κ1) is 21.0. The highest BCUT2D eigenvalue weighted by atomic mass is 16.5. The fraction of sp³-hybridized carbons (Fsp3) is 0.435. The van der Waals surface area contributed by atoms with E-state index in [2.05, 4.69) is 35.7 Å². The molecule has 0 amide bonds. The van der Waals surface area contributed by atoms with Gasteiger partial charge in [-0.3, -0.25) is 4.98 Å². The van der Waals surface area contributed by atoms with E-state index >= 15 is 0 Å². The third kappa shape index (κ3) is 4.15. The van der Waals surface area contributed by atoms with E-state index in [1.807, 2.05) is 24.3 Å². The van der Waals surface area contributed by atoms with E-state index < -0.39 is 5.97 Å². The van der Waals surface area contributed by atoms with Crippen LogP contribution in [0.5, 0.6) is 0 Å². The molecule has 0 saturated carbocycles. The van der Waals surface area contributed by atoms with Crippen LogP contribution in [0.1, 0.15) is 61.1 Å². The van der Waals surface area contributed by atoms with Crippen molar-refractivity contribution in [2.75, 3.05) is 11.5 Å². The maximum absolute atomic E-state index is 13.3. The van der Waals surface area contributed by atoms with Crippen LogP contribution in [-0.4, -0.2) is 25.9 Å². The number of carbonyl (C=O) groups excluding carboxylic acids is 1. The number of carbonyl (C=O) groups is 1. The molecule has 2 heterocycles. The zero-order chi connectivity index (χ0) is 22.2. The number of fused-ring (bicyclic) bond motifs is 2. The van der Waals surface area contributed by atoms with Gasteiger partial charge in [-0.25, -0.2) is 4.79 Å². The molecule has 8 nitrogen and oxygen atoms in total. The third-order valence-electron chi connectivity index (χ3n) is 6.53. The minimum Gasteiger partial charge on any atom is -0.454 e. The second-order valence-electron chi connectivity index (χ2n) is 8.76. The van der Waals surface area contributed by atoms with Crippen LogP contribution < -0.4 is 11.5 Å². The lowest BCUT2D eigenvalue weighted by Crippen LogP contribution is -2.30. The first-order valence-corrected chi connectivity index (χ1v) is 10.6. The Kier molecular flexibility index (Phi) is 5.47. The summed E-state index contributed by atoms with van der Waals surface area (Å²) >= 11 is 0. The van der Waals surface area contributed by atoms with Crippen molar-refractivity contribution >= 4 is 28.8 Å². The molecule has 0 spiro atoms. The molecule has 0 bridgehead atoms. The quantitative estimate of drug-likeness (QED) is 0.600. The number of nitrogens with two attached hydrogens (primary N) is 2. The molecule has 0 saturated heterocycles. The number of hydrogen-bond donors (Lipinski definition) is 2. The minimum atomic E-state index is -0.414. The standard InChI is InChI=1S/C23H28N6O2/c1-4-23(2,3)13-9-10-17-15(11-13)19(14-7-5-6-8-16(14)26-17)20(30)31-12-18-27-21(24)29-22(25)28-18/h5-8,13H,4,9-12H2,1-3H3,(H4,24,25,27,28,29)/t13-/m0/s1. The fourth-order valence-electron chi connectivity index (χ4n) is 4.30. The maximum atomic E-state index is 13.3. The van der Waals surface area contributed by atoms with E-state index in [1.165, 1.54) is 0 Å². The van der Waals surface area contributed by atoms with Gasteiger partial charge in [-0.1, -0.05) is 45.4 Å². The van der Waals surface area contributed by atoms with Gasteiger partial charge >= 0.3 is 5.97 Å². The van der Waals surface area contributed by atoms with Crippen molar-refractivity contribution in [3.63, 3.8) is 0 Å². The Morgan fingerprint density at radius 1 is 1.13 bits per heavy atom. The molecule has 0 radical (unpaired) electrons. The zero-order valence-corrected chi connectivity index (χ0v) is 18.2. The van der Waals surface area contributed by atoms with Crippen LogP contribution in [0, 0.1) is 11.3 Å². The van der Waals surface area contributed by atoms with Gasteiger partial charge < -0.3 is 16.2 Å². The molecule has 162 valence electrons. The van der Waals surface area contributed by atoms with Gasteiger partial charge in [0, 0.05) is 11.1 Å². The highest BCUT2D eigenvalue weighted by molar-refractivity contribution is 6.05. The topological polar surface area (TPSA) is 130 Å². The van der Waals surface area contributed by atoms with Crippen molar-refractivity contribution in [3.05, 3.63) is 46.9 Å². The fourth-order valence-corrected chi connectivity index (χ4v) is 4.30. The summed E-state index contributed by atoms with van der Waals surface area (Å²) in [6, 6.07) is 7.70. The largest absolute Gasteiger partial charge is 0.454 e. The second kappa shape index (κ2) is 8.09. The number of benzene rings is 1. The van der Waals surface area contributed by atoms with Crippen molar-refractivity contribution in [1.29, 1.82) is 0 Å². The SMILES string of the molecule is CCC(C)(C)[C@H]1CCc2nc3ccccc3c(C(=O)OCc3nc(N)nc(N)n3)c2C1. The molecule has 4 N–H and O–H groups in total. The lowest BCUT2D eigenvalue weighted by atomic mass is 9.68. The van der Waals surface area contributed by atoms with Crippen LogP contribution in [0.2, 0.25) is 0 Å². The number of nitrogens with zero attached hydrogens (tertiary/aromatic N) is 4. The Hall–Kier alpha value is -3.29. The molecule has 8 heteroatoms. The van der Waals surface area contributed by atoms with Crippen LogP contribution >= 0.6 is 0 Å². The predicted octanol–water partition coefficient (Wildman–Crippen LogP) is 3.48. The number of hydrogen-bond acceptors (Lipinski definition) is 8. The highest BCUT2D eigenvalue weighted by Crippen LogP contribution is 2.41. The average molecular weight is 421 g/mol. The third-order valence-corrected chi connectivity index (χ3v) is 6.53. The number of rotatable bonds is 5. The summed E-state index contributed by atoms with van der Waals surface area (Å²) in [7, 11) is 0. The Labute approximate surface area is 181 Å². The van der Waals surface area contributed by atoms with Gasteiger partial charge in [0.15, 0.2) is 12.4 Å². The van der Waals surface area contributed by atoms with Crippen molar-refractivity contribution in [2.24, 2.45) is 11.3 Å². The van der Waals surface area contributed by atoms with E-state index in [0.717, 1.165) is 47.8 Å². The number of aryl methyl sites for hydroxylation is 1.